The van der Waals surface area contributed by atoms with E-state index in [1.165, 1.54) is 5.56 Å². The van der Waals surface area contributed by atoms with Gasteiger partial charge in [0, 0.05) is 11.9 Å². The number of rotatable bonds is 5. The van der Waals surface area contributed by atoms with Gasteiger partial charge in [0.25, 0.3) is 0 Å². The zero-order valence-corrected chi connectivity index (χ0v) is 12.0. The molecule has 0 aliphatic carbocycles. The lowest BCUT2D eigenvalue weighted by Crippen LogP contribution is -1.99. The molecule has 1 heterocycles. The van der Waals surface area contributed by atoms with Crippen molar-refractivity contribution >= 4 is 16.7 Å². The molecule has 3 aromatic rings. The molecule has 3 heteroatoms. The van der Waals surface area contributed by atoms with Crippen LogP contribution in [-0.2, 0) is 6.61 Å². The number of pyridine rings is 1. The summed E-state index contributed by atoms with van der Waals surface area (Å²) in [5.41, 5.74) is 2.14. The van der Waals surface area contributed by atoms with Crippen LogP contribution in [0.25, 0.3) is 10.9 Å². The van der Waals surface area contributed by atoms with Crippen LogP contribution in [0.5, 0.6) is 5.75 Å². The molecular formula is C18H18N2O. The van der Waals surface area contributed by atoms with E-state index in [1.54, 1.807) is 0 Å². The third-order valence-corrected chi connectivity index (χ3v) is 3.27. The molecule has 2 aromatic carbocycles. The zero-order valence-electron chi connectivity index (χ0n) is 12.0. The van der Waals surface area contributed by atoms with E-state index in [0.717, 1.165) is 29.0 Å². The topological polar surface area (TPSA) is 34.1 Å². The Kier molecular flexibility index (Phi) is 4.01. The van der Waals surface area contributed by atoms with Gasteiger partial charge in [-0.2, -0.15) is 0 Å². The minimum atomic E-state index is 0.579. The molecule has 0 bridgehead atoms. The maximum absolute atomic E-state index is 5.83. The van der Waals surface area contributed by atoms with Gasteiger partial charge in [0.1, 0.15) is 18.2 Å². The molecule has 1 N–H and O–H groups in total. The van der Waals surface area contributed by atoms with Gasteiger partial charge >= 0.3 is 0 Å². The molecule has 0 spiro atoms. The predicted molar refractivity (Wildman–Crippen MR) is 86.7 cm³/mol. The molecule has 3 rings (SSSR count). The Morgan fingerprint density at radius 1 is 1.00 bits per heavy atom. The SMILES string of the molecule is CCNc1ccc2cc(OCc3ccccc3)ccc2n1. The Hall–Kier alpha value is -2.55. The van der Waals surface area contributed by atoms with Crippen LogP contribution < -0.4 is 10.1 Å². The minimum Gasteiger partial charge on any atom is -0.489 e. The third kappa shape index (κ3) is 3.31. The fourth-order valence-corrected chi connectivity index (χ4v) is 2.21. The van der Waals surface area contributed by atoms with E-state index in [2.05, 4.69) is 35.4 Å². The first-order chi connectivity index (χ1) is 10.3. The van der Waals surface area contributed by atoms with Crippen LogP contribution in [0.3, 0.4) is 0 Å². The van der Waals surface area contributed by atoms with E-state index < -0.39 is 0 Å². The molecule has 0 amide bonds. The summed E-state index contributed by atoms with van der Waals surface area (Å²) < 4.78 is 5.83. The van der Waals surface area contributed by atoms with Gasteiger partial charge in [-0.15, -0.1) is 0 Å². The van der Waals surface area contributed by atoms with E-state index in [1.807, 2.05) is 42.5 Å². The Balaban J connectivity index is 1.76. The lowest BCUT2D eigenvalue weighted by atomic mass is 10.2. The second-order valence-electron chi connectivity index (χ2n) is 4.86. The van der Waals surface area contributed by atoms with Gasteiger partial charge in [0.15, 0.2) is 0 Å². The highest BCUT2D eigenvalue weighted by molar-refractivity contribution is 5.81. The lowest BCUT2D eigenvalue weighted by Gasteiger charge is -2.08. The van der Waals surface area contributed by atoms with Gasteiger partial charge in [-0.25, -0.2) is 4.98 Å². The largest absolute Gasteiger partial charge is 0.489 e. The van der Waals surface area contributed by atoms with Gasteiger partial charge < -0.3 is 10.1 Å². The monoisotopic (exact) mass is 278 g/mol. The normalized spacial score (nSPS) is 10.5. The molecule has 0 unspecified atom stereocenters. The Morgan fingerprint density at radius 2 is 1.86 bits per heavy atom. The fraction of sp³-hybridized carbons (Fsp3) is 0.167. The van der Waals surface area contributed by atoms with Gasteiger partial charge in [0.2, 0.25) is 0 Å². The maximum Gasteiger partial charge on any atom is 0.126 e. The van der Waals surface area contributed by atoms with Crippen molar-refractivity contribution in [3.63, 3.8) is 0 Å². The molecule has 0 fully saturated rings. The quantitative estimate of drug-likeness (QED) is 0.757. The molecule has 0 saturated heterocycles. The van der Waals surface area contributed by atoms with Crippen molar-refractivity contribution in [3.8, 4) is 5.75 Å². The standard InChI is InChI=1S/C18H18N2O/c1-2-19-18-11-8-15-12-16(9-10-17(15)20-18)21-13-14-6-4-3-5-7-14/h3-12H,2,13H2,1H3,(H,19,20). The predicted octanol–water partition coefficient (Wildman–Crippen LogP) is 4.25. The first kappa shape index (κ1) is 13.4. The van der Waals surface area contributed by atoms with Gasteiger partial charge in [0.05, 0.1) is 5.52 Å². The number of hydrogen-bond donors (Lipinski definition) is 1. The molecule has 0 aliphatic heterocycles. The Labute approximate surface area is 124 Å². The van der Waals surface area contributed by atoms with Crippen molar-refractivity contribution < 1.29 is 4.74 Å². The second-order valence-corrected chi connectivity index (χ2v) is 4.86. The first-order valence-corrected chi connectivity index (χ1v) is 7.16. The highest BCUT2D eigenvalue weighted by Gasteiger charge is 2.01. The van der Waals surface area contributed by atoms with E-state index in [-0.39, 0.29) is 0 Å². The van der Waals surface area contributed by atoms with Crippen molar-refractivity contribution in [2.24, 2.45) is 0 Å². The van der Waals surface area contributed by atoms with E-state index in [4.69, 9.17) is 4.74 Å². The van der Waals surface area contributed by atoms with Crippen LogP contribution in [0.4, 0.5) is 5.82 Å². The van der Waals surface area contributed by atoms with Crippen LogP contribution in [0.15, 0.2) is 60.7 Å². The molecule has 0 saturated carbocycles. The summed E-state index contributed by atoms with van der Waals surface area (Å²) >= 11 is 0. The van der Waals surface area contributed by atoms with Crippen molar-refractivity contribution in [1.29, 1.82) is 0 Å². The first-order valence-electron chi connectivity index (χ1n) is 7.16. The molecule has 0 atom stereocenters. The minimum absolute atomic E-state index is 0.579. The molecule has 106 valence electrons. The summed E-state index contributed by atoms with van der Waals surface area (Å²) in [6.45, 7) is 3.51. The van der Waals surface area contributed by atoms with E-state index >= 15 is 0 Å². The van der Waals surface area contributed by atoms with Gasteiger partial charge in [-0.05, 0) is 42.8 Å². The summed E-state index contributed by atoms with van der Waals surface area (Å²) in [6.07, 6.45) is 0. The van der Waals surface area contributed by atoms with Gasteiger partial charge in [-0.1, -0.05) is 30.3 Å². The highest BCUT2D eigenvalue weighted by Crippen LogP contribution is 2.22. The molecule has 21 heavy (non-hydrogen) atoms. The van der Waals surface area contributed by atoms with Crippen molar-refractivity contribution in [2.45, 2.75) is 13.5 Å². The molecule has 3 nitrogen and oxygen atoms in total. The van der Waals surface area contributed by atoms with Crippen molar-refractivity contribution in [2.75, 3.05) is 11.9 Å². The lowest BCUT2D eigenvalue weighted by molar-refractivity contribution is 0.306. The number of hydrogen-bond acceptors (Lipinski definition) is 3. The smallest absolute Gasteiger partial charge is 0.126 e. The molecule has 0 radical (unpaired) electrons. The Bertz CT molecular complexity index is 726. The number of nitrogens with one attached hydrogen (secondary N) is 1. The number of anilines is 1. The maximum atomic E-state index is 5.83. The van der Waals surface area contributed by atoms with Crippen LogP contribution in [0.2, 0.25) is 0 Å². The third-order valence-electron chi connectivity index (χ3n) is 3.27. The average Bonchev–Trinajstić information content (AvgIpc) is 2.54. The summed E-state index contributed by atoms with van der Waals surface area (Å²) in [4.78, 5) is 4.56. The van der Waals surface area contributed by atoms with Crippen LogP contribution in [0.1, 0.15) is 12.5 Å². The summed E-state index contributed by atoms with van der Waals surface area (Å²) in [6, 6.07) is 20.2. The summed E-state index contributed by atoms with van der Waals surface area (Å²) in [5, 5.41) is 4.30. The second kappa shape index (κ2) is 6.27. The number of aromatic nitrogens is 1. The molecule has 1 aromatic heterocycles. The highest BCUT2D eigenvalue weighted by atomic mass is 16.5. The number of fused-ring (bicyclic) bond motifs is 1. The molecule has 0 aliphatic rings. The van der Waals surface area contributed by atoms with E-state index in [9.17, 15) is 0 Å². The number of nitrogens with zero attached hydrogens (tertiary/aromatic N) is 1. The Morgan fingerprint density at radius 3 is 2.67 bits per heavy atom. The van der Waals surface area contributed by atoms with Crippen LogP contribution in [-0.4, -0.2) is 11.5 Å². The van der Waals surface area contributed by atoms with Crippen molar-refractivity contribution in [3.05, 3.63) is 66.2 Å². The number of benzene rings is 2. The van der Waals surface area contributed by atoms with E-state index in [0.29, 0.717) is 6.61 Å². The van der Waals surface area contributed by atoms with Crippen molar-refractivity contribution in [1.82, 2.24) is 4.98 Å². The zero-order chi connectivity index (χ0) is 14.5. The van der Waals surface area contributed by atoms with Crippen LogP contribution in [0, 0.1) is 0 Å². The van der Waals surface area contributed by atoms with Gasteiger partial charge in [-0.3, -0.25) is 0 Å². The number of ether oxygens (including phenoxy) is 1. The fourth-order valence-electron chi connectivity index (χ4n) is 2.21. The molecular weight excluding hydrogens is 260 g/mol. The summed E-state index contributed by atoms with van der Waals surface area (Å²) in [5.74, 6) is 1.77. The summed E-state index contributed by atoms with van der Waals surface area (Å²) in [7, 11) is 0. The average molecular weight is 278 g/mol. The van der Waals surface area contributed by atoms with Crippen LogP contribution >= 0.6 is 0 Å².